The maximum Gasteiger partial charge on any atom is 0.161 e. The summed E-state index contributed by atoms with van der Waals surface area (Å²) in [6.45, 7) is 8.01. The second-order valence-corrected chi connectivity index (χ2v) is 4.42. The van der Waals surface area contributed by atoms with Crippen LogP contribution in [-0.2, 0) is 6.42 Å². The highest BCUT2D eigenvalue weighted by molar-refractivity contribution is 5.43. The molecule has 0 bridgehead atoms. The van der Waals surface area contributed by atoms with Crippen molar-refractivity contribution in [2.24, 2.45) is 0 Å². The molecule has 0 saturated heterocycles. The van der Waals surface area contributed by atoms with Crippen LogP contribution >= 0.6 is 0 Å². The predicted octanol–water partition coefficient (Wildman–Crippen LogP) is 3.02. The van der Waals surface area contributed by atoms with Crippen LogP contribution in [0.25, 0.3) is 0 Å². The lowest BCUT2D eigenvalue weighted by molar-refractivity contribution is 0.310. The fraction of sp³-hybridized carbons (Fsp3) is 0.600. The molecule has 0 aromatic heterocycles. The highest BCUT2D eigenvalue weighted by atomic mass is 16.5. The van der Waals surface area contributed by atoms with Crippen molar-refractivity contribution >= 4 is 0 Å². The molecule has 1 rings (SSSR count). The first-order valence-corrected chi connectivity index (χ1v) is 6.74. The number of hydrogen-bond donors (Lipinski definition) is 1. The first-order chi connectivity index (χ1) is 8.71. The molecule has 0 aliphatic rings. The van der Waals surface area contributed by atoms with E-state index < -0.39 is 0 Å². The summed E-state index contributed by atoms with van der Waals surface area (Å²) >= 11 is 0. The lowest BCUT2D eigenvalue weighted by Crippen LogP contribution is -2.25. The third-order valence-electron chi connectivity index (χ3n) is 2.95. The molecule has 18 heavy (non-hydrogen) atoms. The van der Waals surface area contributed by atoms with E-state index in [4.69, 9.17) is 9.47 Å². The molecule has 0 saturated carbocycles. The van der Waals surface area contributed by atoms with Crippen LogP contribution in [0.4, 0.5) is 0 Å². The minimum atomic E-state index is 0.549. The van der Waals surface area contributed by atoms with Gasteiger partial charge in [-0.15, -0.1) is 0 Å². The first-order valence-electron chi connectivity index (χ1n) is 6.74. The molecule has 3 heteroatoms. The summed E-state index contributed by atoms with van der Waals surface area (Å²) in [5.41, 5.74) is 1.29. The van der Waals surface area contributed by atoms with Gasteiger partial charge >= 0.3 is 0 Å². The zero-order chi connectivity index (χ0) is 13.4. The van der Waals surface area contributed by atoms with Crippen molar-refractivity contribution in [3.63, 3.8) is 0 Å². The van der Waals surface area contributed by atoms with Crippen LogP contribution in [0.1, 0.15) is 32.8 Å². The third kappa shape index (κ3) is 4.57. The third-order valence-corrected chi connectivity index (χ3v) is 2.95. The van der Waals surface area contributed by atoms with Gasteiger partial charge in [0.15, 0.2) is 11.5 Å². The Kier molecular flexibility index (Phi) is 6.58. The molecule has 0 aliphatic carbocycles. The maximum absolute atomic E-state index is 5.51. The van der Waals surface area contributed by atoms with E-state index in [0.29, 0.717) is 12.6 Å². The van der Waals surface area contributed by atoms with E-state index in [-0.39, 0.29) is 0 Å². The van der Waals surface area contributed by atoms with Crippen molar-refractivity contribution in [2.45, 2.75) is 39.7 Å². The molecule has 0 radical (unpaired) electrons. The van der Waals surface area contributed by atoms with Crippen molar-refractivity contribution in [2.75, 3.05) is 20.3 Å². The van der Waals surface area contributed by atoms with Crippen molar-refractivity contribution < 1.29 is 9.47 Å². The molecule has 0 amide bonds. The van der Waals surface area contributed by atoms with E-state index in [1.54, 1.807) is 7.11 Å². The fourth-order valence-electron chi connectivity index (χ4n) is 1.98. The largest absolute Gasteiger partial charge is 0.493 e. The van der Waals surface area contributed by atoms with E-state index in [1.807, 2.05) is 13.0 Å². The van der Waals surface area contributed by atoms with Gasteiger partial charge in [0.2, 0.25) is 0 Å². The molecule has 1 aromatic carbocycles. The molecule has 0 heterocycles. The van der Waals surface area contributed by atoms with Crippen molar-refractivity contribution in [3.8, 4) is 11.5 Å². The van der Waals surface area contributed by atoms with Gasteiger partial charge in [-0.25, -0.2) is 0 Å². The number of rotatable bonds is 8. The minimum absolute atomic E-state index is 0.549. The topological polar surface area (TPSA) is 30.5 Å². The van der Waals surface area contributed by atoms with Crippen molar-refractivity contribution in [1.82, 2.24) is 5.32 Å². The van der Waals surface area contributed by atoms with Crippen LogP contribution in [0.15, 0.2) is 18.2 Å². The second kappa shape index (κ2) is 7.98. The van der Waals surface area contributed by atoms with Gasteiger partial charge in [-0.1, -0.05) is 13.0 Å². The normalized spacial score (nSPS) is 12.2. The maximum atomic E-state index is 5.51. The monoisotopic (exact) mass is 251 g/mol. The number of nitrogens with one attached hydrogen (secondary N) is 1. The lowest BCUT2D eigenvalue weighted by Gasteiger charge is -2.14. The van der Waals surface area contributed by atoms with Gasteiger partial charge in [0, 0.05) is 6.04 Å². The molecule has 1 N–H and O–H groups in total. The van der Waals surface area contributed by atoms with Crippen LogP contribution in [0.5, 0.6) is 11.5 Å². The van der Waals surface area contributed by atoms with Gasteiger partial charge in [-0.2, -0.15) is 0 Å². The Hall–Kier alpha value is -1.22. The van der Waals surface area contributed by atoms with Crippen molar-refractivity contribution in [3.05, 3.63) is 23.8 Å². The fourth-order valence-corrected chi connectivity index (χ4v) is 1.98. The van der Waals surface area contributed by atoms with Gasteiger partial charge in [0.1, 0.15) is 0 Å². The summed E-state index contributed by atoms with van der Waals surface area (Å²) in [7, 11) is 1.68. The van der Waals surface area contributed by atoms with Gasteiger partial charge in [-0.3, -0.25) is 0 Å². The number of aryl methyl sites for hydroxylation is 1. The standard InChI is InChI=1S/C15H25NO2/c1-5-16-12(3)7-8-13-9-10-14(18-6-2)15(11-13)17-4/h9-12,16H,5-8H2,1-4H3. The number of benzene rings is 1. The smallest absolute Gasteiger partial charge is 0.161 e. The predicted molar refractivity (Wildman–Crippen MR) is 75.6 cm³/mol. The number of hydrogen-bond acceptors (Lipinski definition) is 3. The molecule has 1 unspecified atom stereocenters. The van der Waals surface area contributed by atoms with Gasteiger partial charge in [0.25, 0.3) is 0 Å². The number of methoxy groups -OCH3 is 1. The van der Waals surface area contributed by atoms with Crippen LogP contribution in [0.3, 0.4) is 0 Å². The summed E-state index contributed by atoms with van der Waals surface area (Å²) < 4.78 is 10.9. The molecule has 102 valence electrons. The highest BCUT2D eigenvalue weighted by Gasteiger charge is 2.06. The summed E-state index contributed by atoms with van der Waals surface area (Å²) in [5.74, 6) is 1.65. The Balaban J connectivity index is 2.61. The average Bonchev–Trinajstić information content (AvgIpc) is 2.38. The molecule has 0 spiro atoms. The Morgan fingerprint density at radius 3 is 2.61 bits per heavy atom. The summed E-state index contributed by atoms with van der Waals surface area (Å²) in [6.07, 6.45) is 2.18. The van der Waals surface area contributed by atoms with E-state index in [0.717, 1.165) is 30.9 Å². The van der Waals surface area contributed by atoms with Crippen LogP contribution in [0.2, 0.25) is 0 Å². The summed E-state index contributed by atoms with van der Waals surface area (Å²) in [6, 6.07) is 6.73. The van der Waals surface area contributed by atoms with E-state index in [2.05, 4.69) is 31.3 Å². The van der Waals surface area contributed by atoms with E-state index in [1.165, 1.54) is 5.56 Å². The zero-order valence-electron chi connectivity index (χ0n) is 12.0. The van der Waals surface area contributed by atoms with Crippen LogP contribution in [0, 0.1) is 0 Å². The van der Waals surface area contributed by atoms with Crippen LogP contribution in [-0.4, -0.2) is 26.3 Å². The van der Waals surface area contributed by atoms with E-state index in [9.17, 15) is 0 Å². The van der Waals surface area contributed by atoms with Crippen LogP contribution < -0.4 is 14.8 Å². The summed E-state index contributed by atoms with van der Waals surface area (Å²) in [4.78, 5) is 0. The molecule has 3 nitrogen and oxygen atoms in total. The minimum Gasteiger partial charge on any atom is -0.493 e. The van der Waals surface area contributed by atoms with Gasteiger partial charge in [0.05, 0.1) is 13.7 Å². The van der Waals surface area contributed by atoms with E-state index >= 15 is 0 Å². The molecular weight excluding hydrogens is 226 g/mol. The molecule has 0 aliphatic heterocycles. The molecule has 1 atom stereocenters. The Morgan fingerprint density at radius 1 is 1.22 bits per heavy atom. The SMILES string of the molecule is CCNC(C)CCc1ccc(OCC)c(OC)c1. The second-order valence-electron chi connectivity index (χ2n) is 4.42. The lowest BCUT2D eigenvalue weighted by atomic mass is 10.1. The molecule has 1 aromatic rings. The average molecular weight is 251 g/mol. The number of ether oxygens (including phenoxy) is 2. The van der Waals surface area contributed by atoms with Gasteiger partial charge in [-0.05, 0) is 50.9 Å². The first kappa shape index (κ1) is 14.8. The quantitative estimate of drug-likeness (QED) is 0.770. The Morgan fingerprint density at radius 2 is 2.00 bits per heavy atom. The Bertz CT molecular complexity index is 352. The summed E-state index contributed by atoms with van der Waals surface area (Å²) in [5, 5.41) is 3.42. The molecule has 0 fully saturated rings. The highest BCUT2D eigenvalue weighted by Crippen LogP contribution is 2.28. The van der Waals surface area contributed by atoms with Gasteiger partial charge < -0.3 is 14.8 Å². The Labute approximate surface area is 110 Å². The zero-order valence-corrected chi connectivity index (χ0v) is 12.0. The van der Waals surface area contributed by atoms with Crippen molar-refractivity contribution in [1.29, 1.82) is 0 Å². The molecular formula is C15H25NO2.